The zero-order valence-corrected chi connectivity index (χ0v) is 10.7. The third-order valence-corrected chi connectivity index (χ3v) is 3.10. The second-order valence-electron chi connectivity index (χ2n) is 4.46. The first-order valence-electron chi connectivity index (χ1n) is 6.31. The van der Waals surface area contributed by atoms with Crippen molar-refractivity contribution in [1.82, 2.24) is 0 Å². The molecule has 0 bridgehead atoms. The maximum Gasteiger partial charge on any atom is 0.118 e. The highest BCUT2D eigenvalue weighted by Gasteiger charge is 2.16. The lowest BCUT2D eigenvalue weighted by molar-refractivity contribution is -0.0176. The summed E-state index contributed by atoms with van der Waals surface area (Å²) in [7, 11) is 1.62. The van der Waals surface area contributed by atoms with E-state index in [0.717, 1.165) is 30.8 Å². The number of hydrogen-bond donors (Lipinski definition) is 1. The number of ether oxygens (including phenoxy) is 3. The zero-order valence-electron chi connectivity index (χ0n) is 10.7. The van der Waals surface area contributed by atoms with Crippen LogP contribution in [0.5, 0.6) is 5.75 Å². The average Bonchev–Trinajstić information content (AvgIpc) is 2.92. The van der Waals surface area contributed by atoms with E-state index in [-0.39, 0.29) is 6.10 Å². The Morgan fingerprint density at radius 3 is 2.78 bits per heavy atom. The zero-order chi connectivity index (χ0) is 12.8. The van der Waals surface area contributed by atoms with Crippen LogP contribution >= 0.6 is 0 Å². The van der Waals surface area contributed by atoms with Gasteiger partial charge in [0.2, 0.25) is 0 Å². The van der Waals surface area contributed by atoms with Gasteiger partial charge < -0.3 is 19.3 Å². The van der Waals surface area contributed by atoms with Crippen LogP contribution in [0.4, 0.5) is 0 Å². The molecule has 2 unspecified atom stereocenters. The molecule has 1 aromatic rings. The monoisotopic (exact) mass is 252 g/mol. The summed E-state index contributed by atoms with van der Waals surface area (Å²) < 4.78 is 16.0. The van der Waals surface area contributed by atoms with E-state index in [0.29, 0.717) is 13.2 Å². The molecule has 1 saturated heterocycles. The second kappa shape index (κ2) is 6.73. The fourth-order valence-corrected chi connectivity index (χ4v) is 2.01. The van der Waals surface area contributed by atoms with Crippen molar-refractivity contribution < 1.29 is 19.3 Å². The van der Waals surface area contributed by atoms with Gasteiger partial charge >= 0.3 is 0 Å². The van der Waals surface area contributed by atoms with Gasteiger partial charge in [-0.05, 0) is 30.5 Å². The summed E-state index contributed by atoms with van der Waals surface area (Å²) in [6.07, 6.45) is 1.76. The van der Waals surface area contributed by atoms with Gasteiger partial charge in [0.15, 0.2) is 0 Å². The van der Waals surface area contributed by atoms with Gasteiger partial charge in [-0.15, -0.1) is 0 Å². The van der Waals surface area contributed by atoms with E-state index < -0.39 is 6.10 Å². The van der Waals surface area contributed by atoms with Gasteiger partial charge in [0.25, 0.3) is 0 Å². The topological polar surface area (TPSA) is 47.9 Å². The van der Waals surface area contributed by atoms with Crippen molar-refractivity contribution in [3.8, 4) is 5.75 Å². The van der Waals surface area contributed by atoms with Gasteiger partial charge in [-0.25, -0.2) is 0 Å². The smallest absolute Gasteiger partial charge is 0.118 e. The van der Waals surface area contributed by atoms with Crippen molar-refractivity contribution in [3.63, 3.8) is 0 Å². The van der Waals surface area contributed by atoms with E-state index in [4.69, 9.17) is 14.2 Å². The molecule has 0 saturated carbocycles. The van der Waals surface area contributed by atoms with Gasteiger partial charge in [0.05, 0.1) is 26.4 Å². The minimum atomic E-state index is -0.600. The average molecular weight is 252 g/mol. The normalized spacial score (nSPS) is 20.9. The Morgan fingerprint density at radius 2 is 2.17 bits per heavy atom. The van der Waals surface area contributed by atoms with Crippen LogP contribution in [0.2, 0.25) is 0 Å². The Balaban J connectivity index is 1.74. The summed E-state index contributed by atoms with van der Waals surface area (Å²) in [5.41, 5.74) is 0.836. The molecule has 2 rings (SSSR count). The van der Waals surface area contributed by atoms with Crippen LogP contribution in [0.25, 0.3) is 0 Å². The summed E-state index contributed by atoms with van der Waals surface area (Å²) in [5.74, 6) is 0.784. The van der Waals surface area contributed by atoms with Gasteiger partial charge in [0, 0.05) is 6.61 Å². The van der Waals surface area contributed by atoms with Crippen LogP contribution in [0, 0.1) is 0 Å². The van der Waals surface area contributed by atoms with Gasteiger partial charge in [-0.2, -0.15) is 0 Å². The lowest BCUT2D eigenvalue weighted by Crippen LogP contribution is -2.17. The Labute approximate surface area is 107 Å². The van der Waals surface area contributed by atoms with E-state index in [1.807, 2.05) is 24.3 Å². The minimum absolute atomic E-state index is 0.202. The molecule has 0 aromatic heterocycles. The molecule has 1 heterocycles. The molecule has 0 amide bonds. The standard InChI is InChI=1S/C14H20O4/c1-16-12-6-4-11(5-7-12)14(15)10-17-9-13-3-2-8-18-13/h4-7,13-15H,2-3,8-10H2,1H3. The largest absolute Gasteiger partial charge is 0.497 e. The van der Waals surface area contributed by atoms with Gasteiger partial charge in [-0.3, -0.25) is 0 Å². The summed E-state index contributed by atoms with van der Waals surface area (Å²) >= 11 is 0. The van der Waals surface area contributed by atoms with Crippen LogP contribution in [0.1, 0.15) is 24.5 Å². The molecular formula is C14H20O4. The minimum Gasteiger partial charge on any atom is -0.497 e. The molecule has 1 aliphatic rings. The fraction of sp³-hybridized carbons (Fsp3) is 0.571. The molecule has 0 spiro atoms. The van der Waals surface area contributed by atoms with Crippen molar-refractivity contribution in [2.45, 2.75) is 25.0 Å². The van der Waals surface area contributed by atoms with Crippen LogP contribution in [-0.4, -0.2) is 38.1 Å². The van der Waals surface area contributed by atoms with E-state index in [1.165, 1.54) is 0 Å². The van der Waals surface area contributed by atoms with Gasteiger partial charge in [0.1, 0.15) is 11.9 Å². The van der Waals surface area contributed by atoms with Crippen molar-refractivity contribution >= 4 is 0 Å². The van der Waals surface area contributed by atoms with Gasteiger partial charge in [-0.1, -0.05) is 12.1 Å². The molecule has 1 N–H and O–H groups in total. The molecule has 0 aliphatic carbocycles. The highest BCUT2D eigenvalue weighted by Crippen LogP contribution is 2.18. The molecule has 4 nitrogen and oxygen atoms in total. The predicted octanol–water partition coefficient (Wildman–Crippen LogP) is 1.92. The van der Waals surface area contributed by atoms with E-state index in [9.17, 15) is 5.11 Å². The molecular weight excluding hydrogens is 232 g/mol. The number of rotatable bonds is 6. The summed E-state index contributed by atoms with van der Waals surface area (Å²) in [6, 6.07) is 7.36. The first kappa shape index (κ1) is 13.3. The Hall–Kier alpha value is -1.10. The Morgan fingerprint density at radius 1 is 1.39 bits per heavy atom. The van der Waals surface area contributed by atoms with Crippen LogP contribution < -0.4 is 4.74 Å². The molecule has 0 radical (unpaired) electrons. The molecule has 1 aromatic carbocycles. The first-order valence-corrected chi connectivity index (χ1v) is 6.31. The first-order chi connectivity index (χ1) is 8.79. The number of methoxy groups -OCH3 is 1. The molecule has 18 heavy (non-hydrogen) atoms. The summed E-state index contributed by atoms with van der Waals surface area (Å²) in [6.45, 7) is 1.69. The third-order valence-electron chi connectivity index (χ3n) is 3.10. The summed E-state index contributed by atoms with van der Waals surface area (Å²) in [4.78, 5) is 0. The number of aliphatic hydroxyl groups is 1. The number of hydrogen-bond acceptors (Lipinski definition) is 4. The third kappa shape index (κ3) is 3.70. The highest BCUT2D eigenvalue weighted by molar-refractivity contribution is 5.28. The molecule has 1 aliphatic heterocycles. The Bertz CT molecular complexity index is 343. The van der Waals surface area contributed by atoms with Crippen LogP contribution in [0.15, 0.2) is 24.3 Å². The molecule has 100 valence electrons. The van der Waals surface area contributed by atoms with E-state index in [1.54, 1.807) is 7.11 Å². The van der Waals surface area contributed by atoms with Crippen molar-refractivity contribution in [2.75, 3.05) is 26.9 Å². The Kier molecular flexibility index (Phi) is 4.99. The van der Waals surface area contributed by atoms with Crippen LogP contribution in [0.3, 0.4) is 0 Å². The molecule has 1 fully saturated rings. The fourth-order valence-electron chi connectivity index (χ4n) is 2.01. The maximum absolute atomic E-state index is 9.95. The predicted molar refractivity (Wildman–Crippen MR) is 67.7 cm³/mol. The molecule has 4 heteroatoms. The molecule has 2 atom stereocenters. The maximum atomic E-state index is 9.95. The van der Waals surface area contributed by atoms with E-state index >= 15 is 0 Å². The quantitative estimate of drug-likeness (QED) is 0.840. The highest BCUT2D eigenvalue weighted by atomic mass is 16.5. The summed E-state index contributed by atoms with van der Waals surface area (Å²) in [5, 5.41) is 9.95. The SMILES string of the molecule is COc1ccc(C(O)COCC2CCCO2)cc1. The number of benzene rings is 1. The lowest BCUT2D eigenvalue weighted by Gasteiger charge is -2.14. The van der Waals surface area contributed by atoms with Crippen molar-refractivity contribution in [3.05, 3.63) is 29.8 Å². The van der Waals surface area contributed by atoms with Crippen molar-refractivity contribution in [2.24, 2.45) is 0 Å². The number of aliphatic hydroxyl groups excluding tert-OH is 1. The lowest BCUT2D eigenvalue weighted by atomic mass is 10.1. The van der Waals surface area contributed by atoms with E-state index in [2.05, 4.69) is 0 Å². The second-order valence-corrected chi connectivity index (χ2v) is 4.46. The van der Waals surface area contributed by atoms with Crippen LogP contribution in [-0.2, 0) is 9.47 Å². The van der Waals surface area contributed by atoms with Crippen molar-refractivity contribution in [1.29, 1.82) is 0 Å².